The Morgan fingerprint density at radius 3 is 2.43 bits per heavy atom. The van der Waals surface area contributed by atoms with Gasteiger partial charge in [0.2, 0.25) is 5.91 Å². The lowest BCUT2D eigenvalue weighted by atomic mass is 10.1. The van der Waals surface area contributed by atoms with E-state index in [2.05, 4.69) is 0 Å². The molecule has 0 aromatic heterocycles. The lowest BCUT2D eigenvalue weighted by Gasteiger charge is -2.22. The molecule has 0 heterocycles. The quantitative estimate of drug-likeness (QED) is 0.493. The van der Waals surface area contributed by atoms with Crippen LogP contribution >= 0.6 is 0 Å². The summed E-state index contributed by atoms with van der Waals surface area (Å²) in [5, 5.41) is 11.4. The largest absolute Gasteiger partial charge is 0.455 e. The summed E-state index contributed by atoms with van der Waals surface area (Å²) < 4.78 is 5.96. The summed E-state index contributed by atoms with van der Waals surface area (Å²) in [6.07, 6.45) is 0. The maximum absolute atomic E-state index is 11.4. The summed E-state index contributed by atoms with van der Waals surface area (Å²) in [5.74, 6) is 0.623. The SMILES string of the molecule is CN(Cc1ccc(C(N)=O)cc1[N+](=O)[O-])c1ccccc1Oc1ccccc1. The molecule has 0 unspecified atom stereocenters. The highest BCUT2D eigenvalue weighted by Gasteiger charge is 2.19. The number of carbonyl (C=O) groups is 1. The number of nitro groups is 1. The number of rotatable bonds is 7. The van der Waals surface area contributed by atoms with Gasteiger partial charge in [-0.3, -0.25) is 14.9 Å². The first-order valence-corrected chi connectivity index (χ1v) is 8.56. The first kappa shape index (κ1) is 18.9. The van der Waals surface area contributed by atoms with Crippen LogP contribution in [-0.2, 0) is 6.54 Å². The maximum Gasteiger partial charge on any atom is 0.275 e. The third-order valence-corrected chi connectivity index (χ3v) is 4.22. The molecular weight excluding hydrogens is 358 g/mol. The number of ether oxygens (including phenoxy) is 1. The first-order valence-electron chi connectivity index (χ1n) is 8.56. The molecule has 0 fully saturated rings. The second-order valence-corrected chi connectivity index (χ2v) is 6.20. The van der Waals surface area contributed by atoms with E-state index in [-0.39, 0.29) is 17.8 Å². The van der Waals surface area contributed by atoms with E-state index in [0.717, 1.165) is 5.69 Å². The van der Waals surface area contributed by atoms with Gasteiger partial charge >= 0.3 is 0 Å². The third kappa shape index (κ3) is 4.27. The molecule has 142 valence electrons. The van der Waals surface area contributed by atoms with Crippen LogP contribution < -0.4 is 15.4 Å². The van der Waals surface area contributed by atoms with Crippen LogP contribution in [0, 0.1) is 10.1 Å². The van der Waals surface area contributed by atoms with Gasteiger partial charge in [-0.25, -0.2) is 0 Å². The monoisotopic (exact) mass is 377 g/mol. The predicted molar refractivity (Wildman–Crippen MR) is 107 cm³/mol. The van der Waals surface area contributed by atoms with Gasteiger partial charge in [0.05, 0.1) is 10.6 Å². The summed E-state index contributed by atoms with van der Waals surface area (Å²) in [7, 11) is 1.82. The zero-order valence-electron chi connectivity index (χ0n) is 15.2. The van der Waals surface area contributed by atoms with Gasteiger partial charge in [0.15, 0.2) is 5.75 Å². The van der Waals surface area contributed by atoms with Crippen LogP contribution in [0.15, 0.2) is 72.8 Å². The van der Waals surface area contributed by atoms with E-state index < -0.39 is 10.8 Å². The minimum atomic E-state index is -0.704. The van der Waals surface area contributed by atoms with Crippen LogP contribution in [0.25, 0.3) is 0 Å². The van der Waals surface area contributed by atoms with Crippen LogP contribution in [0.3, 0.4) is 0 Å². The summed E-state index contributed by atoms with van der Waals surface area (Å²) in [6.45, 7) is 0.254. The number of carbonyl (C=O) groups excluding carboxylic acids is 1. The summed E-state index contributed by atoms with van der Waals surface area (Å²) in [5.41, 5.74) is 6.43. The molecule has 0 saturated carbocycles. The van der Waals surface area contributed by atoms with Crippen molar-refractivity contribution in [2.45, 2.75) is 6.54 Å². The Labute approximate surface area is 162 Å². The highest BCUT2D eigenvalue weighted by Crippen LogP contribution is 2.33. The van der Waals surface area contributed by atoms with Gasteiger partial charge in [0.1, 0.15) is 5.75 Å². The molecule has 0 radical (unpaired) electrons. The Balaban J connectivity index is 1.89. The van der Waals surface area contributed by atoms with E-state index >= 15 is 0 Å². The lowest BCUT2D eigenvalue weighted by Crippen LogP contribution is -2.18. The molecule has 28 heavy (non-hydrogen) atoms. The molecule has 0 bridgehead atoms. The molecule has 2 N–H and O–H groups in total. The molecule has 0 spiro atoms. The van der Waals surface area contributed by atoms with E-state index in [1.54, 1.807) is 6.07 Å². The molecule has 0 aliphatic heterocycles. The van der Waals surface area contributed by atoms with Crippen molar-refractivity contribution in [1.29, 1.82) is 0 Å². The smallest absolute Gasteiger partial charge is 0.275 e. The molecular formula is C21H19N3O4. The number of hydrogen-bond donors (Lipinski definition) is 1. The van der Waals surface area contributed by atoms with Crippen molar-refractivity contribution in [1.82, 2.24) is 0 Å². The standard InChI is InChI=1S/C21H19N3O4/c1-23(14-16-12-11-15(21(22)25)13-19(16)24(26)27)18-9-5-6-10-20(18)28-17-7-3-2-4-8-17/h2-13H,14H2,1H3,(H2,22,25). The van der Waals surface area contributed by atoms with E-state index in [9.17, 15) is 14.9 Å². The summed E-state index contributed by atoms with van der Waals surface area (Å²) >= 11 is 0. The van der Waals surface area contributed by atoms with Gasteiger partial charge in [-0.05, 0) is 36.4 Å². The molecule has 3 rings (SSSR count). The average molecular weight is 377 g/mol. The molecule has 0 atom stereocenters. The van der Waals surface area contributed by atoms with Crippen LogP contribution in [0.5, 0.6) is 11.5 Å². The van der Waals surface area contributed by atoms with Crippen molar-refractivity contribution >= 4 is 17.3 Å². The number of primary amides is 1. The third-order valence-electron chi connectivity index (χ3n) is 4.22. The predicted octanol–water partition coefficient (Wildman–Crippen LogP) is 4.12. The Bertz CT molecular complexity index is 1010. The van der Waals surface area contributed by atoms with Crippen LogP contribution in [0.4, 0.5) is 11.4 Å². The van der Waals surface area contributed by atoms with Gasteiger partial charge < -0.3 is 15.4 Å². The fraction of sp³-hybridized carbons (Fsp3) is 0.0952. The van der Waals surface area contributed by atoms with Gasteiger partial charge in [-0.1, -0.05) is 30.3 Å². The second-order valence-electron chi connectivity index (χ2n) is 6.20. The molecule has 7 heteroatoms. The number of nitrogens with two attached hydrogens (primary N) is 1. The second kappa shape index (κ2) is 8.22. The Hall–Kier alpha value is -3.87. The van der Waals surface area contributed by atoms with E-state index in [1.807, 2.05) is 66.5 Å². The Morgan fingerprint density at radius 1 is 1.07 bits per heavy atom. The van der Waals surface area contributed by atoms with Crippen LogP contribution in [0.2, 0.25) is 0 Å². The van der Waals surface area contributed by atoms with Crippen LogP contribution in [-0.4, -0.2) is 17.9 Å². The number of hydrogen-bond acceptors (Lipinski definition) is 5. The fourth-order valence-corrected chi connectivity index (χ4v) is 2.84. The zero-order valence-corrected chi connectivity index (χ0v) is 15.2. The molecule has 3 aromatic carbocycles. The minimum absolute atomic E-state index is 0.103. The number of para-hydroxylation sites is 3. The van der Waals surface area contributed by atoms with Crippen molar-refractivity contribution in [3.63, 3.8) is 0 Å². The topological polar surface area (TPSA) is 98.7 Å². The van der Waals surface area contributed by atoms with Crippen molar-refractivity contribution in [3.8, 4) is 11.5 Å². The number of anilines is 1. The van der Waals surface area contributed by atoms with Crippen molar-refractivity contribution < 1.29 is 14.5 Å². The Kier molecular flexibility index (Phi) is 5.55. The average Bonchev–Trinajstić information content (AvgIpc) is 2.69. The highest BCUT2D eigenvalue weighted by atomic mass is 16.6. The van der Waals surface area contributed by atoms with Crippen molar-refractivity contribution in [3.05, 3.63) is 94.0 Å². The van der Waals surface area contributed by atoms with Crippen LogP contribution in [0.1, 0.15) is 15.9 Å². The summed E-state index contributed by atoms with van der Waals surface area (Å²) in [4.78, 5) is 24.1. The molecule has 0 aliphatic carbocycles. The van der Waals surface area contributed by atoms with Gasteiger partial charge in [0, 0.05) is 30.8 Å². The lowest BCUT2D eigenvalue weighted by molar-refractivity contribution is -0.385. The van der Waals surface area contributed by atoms with E-state index in [1.165, 1.54) is 12.1 Å². The number of nitrogens with zero attached hydrogens (tertiary/aromatic N) is 2. The summed E-state index contributed by atoms with van der Waals surface area (Å²) in [6, 6.07) is 21.1. The number of amides is 1. The maximum atomic E-state index is 11.4. The Morgan fingerprint density at radius 2 is 1.75 bits per heavy atom. The normalized spacial score (nSPS) is 10.3. The van der Waals surface area contributed by atoms with Crippen molar-refractivity contribution in [2.75, 3.05) is 11.9 Å². The fourth-order valence-electron chi connectivity index (χ4n) is 2.84. The minimum Gasteiger partial charge on any atom is -0.455 e. The molecule has 7 nitrogen and oxygen atoms in total. The first-order chi connectivity index (χ1) is 13.5. The van der Waals surface area contributed by atoms with E-state index in [4.69, 9.17) is 10.5 Å². The molecule has 1 amide bonds. The van der Waals surface area contributed by atoms with Gasteiger partial charge in [-0.15, -0.1) is 0 Å². The van der Waals surface area contributed by atoms with E-state index in [0.29, 0.717) is 17.1 Å². The number of nitro benzene ring substituents is 1. The highest BCUT2D eigenvalue weighted by molar-refractivity contribution is 5.93. The van der Waals surface area contributed by atoms with Crippen molar-refractivity contribution in [2.24, 2.45) is 5.73 Å². The molecule has 3 aromatic rings. The van der Waals surface area contributed by atoms with Gasteiger partial charge in [-0.2, -0.15) is 0 Å². The number of benzene rings is 3. The van der Waals surface area contributed by atoms with Gasteiger partial charge in [0.25, 0.3) is 5.69 Å². The molecule has 0 aliphatic rings. The zero-order chi connectivity index (χ0) is 20.1. The molecule has 0 saturated heterocycles.